The van der Waals surface area contributed by atoms with Crippen LogP contribution in [0.2, 0.25) is 0 Å². The minimum Gasteiger partial charge on any atom is -0.461 e. The molecule has 0 radical (unpaired) electrons. The molecule has 9 nitrogen and oxygen atoms in total. The molecule has 2 aliphatic rings. The lowest BCUT2D eigenvalue weighted by Gasteiger charge is -2.43. The quantitative estimate of drug-likeness (QED) is 0.157. The van der Waals surface area contributed by atoms with E-state index in [1.54, 1.807) is 39.8 Å². The van der Waals surface area contributed by atoms with Crippen molar-refractivity contribution in [1.29, 1.82) is 0 Å². The first-order valence-electron chi connectivity index (χ1n) is 15.7. The fraction of sp³-hybridized carbons (Fsp3) is 0.351. The summed E-state index contributed by atoms with van der Waals surface area (Å²) in [6.07, 6.45) is 1.47. The van der Waals surface area contributed by atoms with Crippen LogP contribution in [0.4, 0.5) is 5.69 Å². The maximum Gasteiger partial charge on any atom is 0.337 e. The fourth-order valence-corrected chi connectivity index (χ4v) is 6.73. The van der Waals surface area contributed by atoms with Gasteiger partial charge in [0.2, 0.25) is 0 Å². The average molecular weight is 624 g/mol. The maximum absolute atomic E-state index is 13.8. The molecule has 5 rings (SSSR count). The Morgan fingerprint density at radius 1 is 0.891 bits per heavy atom. The molecule has 2 aliphatic heterocycles. The summed E-state index contributed by atoms with van der Waals surface area (Å²) in [5.41, 5.74) is 4.33. The summed E-state index contributed by atoms with van der Waals surface area (Å²) in [5, 5.41) is 14.8. The van der Waals surface area contributed by atoms with Crippen LogP contribution in [0.15, 0.2) is 107 Å². The zero-order valence-electron chi connectivity index (χ0n) is 26.8. The number of rotatable bonds is 10. The van der Waals surface area contributed by atoms with Crippen LogP contribution in [0.3, 0.4) is 0 Å². The van der Waals surface area contributed by atoms with Gasteiger partial charge in [-0.05, 0) is 70.3 Å². The Morgan fingerprint density at radius 3 is 2.00 bits per heavy atom. The van der Waals surface area contributed by atoms with E-state index >= 15 is 0 Å². The van der Waals surface area contributed by atoms with Crippen LogP contribution in [-0.2, 0) is 24.5 Å². The minimum atomic E-state index is -0.896. The molecule has 1 atom stereocenters. The minimum absolute atomic E-state index is 0.0813. The van der Waals surface area contributed by atoms with Crippen molar-refractivity contribution >= 4 is 17.6 Å². The number of nitrogens with one attached hydrogen (secondary N) is 1. The van der Waals surface area contributed by atoms with Gasteiger partial charge in [-0.3, -0.25) is 15.0 Å². The first-order chi connectivity index (χ1) is 22.1. The molecule has 0 saturated carbocycles. The number of benzene rings is 3. The summed E-state index contributed by atoms with van der Waals surface area (Å²) in [6.45, 7) is 9.36. The molecular weight excluding hydrogens is 582 g/mol. The molecule has 9 heteroatoms. The Labute approximate surface area is 270 Å². The molecule has 0 bridgehead atoms. The van der Waals surface area contributed by atoms with E-state index in [1.165, 1.54) is 23.3 Å². The topological polar surface area (TPSA) is 111 Å². The van der Waals surface area contributed by atoms with E-state index in [1.807, 2.05) is 12.1 Å². The van der Waals surface area contributed by atoms with Gasteiger partial charge >= 0.3 is 11.9 Å². The summed E-state index contributed by atoms with van der Waals surface area (Å²) in [4.78, 5) is 40.5. The molecule has 0 spiro atoms. The zero-order valence-corrected chi connectivity index (χ0v) is 26.8. The number of hydrogen-bond donors (Lipinski definition) is 1. The number of non-ortho nitro benzene ring substituents is 1. The Balaban J connectivity index is 1.32. The smallest absolute Gasteiger partial charge is 0.337 e. The van der Waals surface area contributed by atoms with Gasteiger partial charge in [-0.25, -0.2) is 9.59 Å². The second kappa shape index (κ2) is 14.1. The lowest BCUT2D eigenvalue weighted by Crippen LogP contribution is -2.44. The third kappa shape index (κ3) is 6.89. The van der Waals surface area contributed by atoms with Crippen LogP contribution in [0, 0.1) is 10.1 Å². The summed E-state index contributed by atoms with van der Waals surface area (Å²) in [5.74, 6) is -2.07. The van der Waals surface area contributed by atoms with Crippen molar-refractivity contribution < 1.29 is 24.0 Å². The van der Waals surface area contributed by atoms with E-state index in [-0.39, 0.29) is 28.9 Å². The van der Waals surface area contributed by atoms with Crippen molar-refractivity contribution in [2.45, 2.75) is 58.0 Å². The van der Waals surface area contributed by atoms with Crippen LogP contribution in [0.1, 0.15) is 63.1 Å². The van der Waals surface area contributed by atoms with E-state index in [0.29, 0.717) is 23.5 Å². The van der Waals surface area contributed by atoms with E-state index in [9.17, 15) is 19.7 Å². The number of dihydropyridines is 1. The molecule has 1 N–H and O–H groups in total. The summed E-state index contributed by atoms with van der Waals surface area (Å²) < 4.78 is 11.4. The number of allylic oxidation sites excluding steroid dienone is 2. The van der Waals surface area contributed by atoms with Crippen LogP contribution in [0.5, 0.6) is 0 Å². The number of hydrogen-bond acceptors (Lipinski definition) is 8. The molecule has 0 aliphatic carbocycles. The molecule has 0 aromatic heterocycles. The number of nitrogens with zero attached hydrogens (tertiary/aromatic N) is 2. The molecule has 0 amide bonds. The number of carbonyl (C=O) groups excluding carboxylic acids is 2. The van der Waals surface area contributed by atoms with Gasteiger partial charge in [-0.1, -0.05) is 72.8 Å². The van der Waals surface area contributed by atoms with Gasteiger partial charge in [0.15, 0.2) is 0 Å². The van der Waals surface area contributed by atoms with Crippen molar-refractivity contribution in [3.8, 4) is 0 Å². The highest BCUT2D eigenvalue weighted by molar-refractivity contribution is 6.00. The molecular formula is C37H41N3O6. The lowest BCUT2D eigenvalue weighted by molar-refractivity contribution is -0.384. The van der Waals surface area contributed by atoms with Crippen LogP contribution >= 0.6 is 0 Å². The number of likely N-dealkylation sites (tertiary alicyclic amines) is 1. The fourth-order valence-electron chi connectivity index (χ4n) is 6.73. The third-order valence-electron chi connectivity index (χ3n) is 8.96. The normalized spacial score (nSPS) is 18.2. The van der Waals surface area contributed by atoms with Gasteiger partial charge in [0.25, 0.3) is 5.69 Å². The molecule has 3 aromatic rings. The maximum atomic E-state index is 13.8. The predicted molar refractivity (Wildman–Crippen MR) is 176 cm³/mol. The first kappa shape index (κ1) is 32.6. The number of nitro groups is 1. The molecule has 3 aromatic carbocycles. The zero-order chi connectivity index (χ0) is 32.8. The molecule has 1 unspecified atom stereocenters. The van der Waals surface area contributed by atoms with Crippen LogP contribution in [-0.4, -0.2) is 54.1 Å². The van der Waals surface area contributed by atoms with Crippen LogP contribution < -0.4 is 5.32 Å². The second-order valence-electron chi connectivity index (χ2n) is 12.2. The molecule has 2 heterocycles. The SMILES string of the molecule is CC1=C(C(=O)OCCN2CCC(c3ccccc3)(c3ccccc3)CC2)C(c2cccc([N+](=O)[O-])c2)C(C(=O)OC(C)C)=C(C)N1. The number of esters is 2. The molecule has 240 valence electrons. The van der Waals surface area contributed by atoms with Crippen LogP contribution in [0.25, 0.3) is 0 Å². The van der Waals surface area contributed by atoms with Crippen molar-refractivity contribution in [2.75, 3.05) is 26.2 Å². The van der Waals surface area contributed by atoms with Crippen molar-refractivity contribution in [1.82, 2.24) is 10.2 Å². The van der Waals surface area contributed by atoms with Gasteiger partial charge < -0.3 is 14.8 Å². The monoisotopic (exact) mass is 623 g/mol. The van der Waals surface area contributed by atoms with Gasteiger partial charge in [0.1, 0.15) is 6.61 Å². The van der Waals surface area contributed by atoms with Gasteiger partial charge in [0.05, 0.1) is 28.1 Å². The molecule has 1 saturated heterocycles. The Kier molecular flexibility index (Phi) is 10.0. The predicted octanol–water partition coefficient (Wildman–Crippen LogP) is 6.41. The van der Waals surface area contributed by atoms with Gasteiger partial charge in [0, 0.05) is 35.5 Å². The first-order valence-corrected chi connectivity index (χ1v) is 15.7. The van der Waals surface area contributed by atoms with Gasteiger partial charge in [-0.2, -0.15) is 0 Å². The second-order valence-corrected chi connectivity index (χ2v) is 12.2. The average Bonchev–Trinajstić information content (AvgIpc) is 3.05. The molecule has 46 heavy (non-hydrogen) atoms. The standard InChI is InChI=1S/C37H41N3O6/c1-25(2)46-36(42)33-27(4)38-26(3)32(34(33)28-12-11-17-31(24-28)40(43)44)35(41)45-23-22-39-20-18-37(19-21-39,29-13-7-5-8-14-29)30-15-9-6-10-16-30/h5-17,24-25,34,38H,18-23H2,1-4H3. The largest absolute Gasteiger partial charge is 0.461 e. The van der Waals surface area contributed by atoms with Crippen molar-refractivity contribution in [2.24, 2.45) is 0 Å². The van der Waals surface area contributed by atoms with E-state index < -0.39 is 28.9 Å². The summed E-state index contributed by atoms with van der Waals surface area (Å²) >= 11 is 0. The number of ether oxygens (including phenoxy) is 2. The highest BCUT2D eigenvalue weighted by Gasteiger charge is 2.40. The Hall–Kier alpha value is -4.76. The van der Waals surface area contributed by atoms with Gasteiger partial charge in [-0.15, -0.1) is 0 Å². The van der Waals surface area contributed by atoms with E-state index in [2.05, 4.69) is 58.7 Å². The third-order valence-corrected chi connectivity index (χ3v) is 8.96. The number of carbonyl (C=O) groups is 2. The lowest BCUT2D eigenvalue weighted by atomic mass is 9.68. The Morgan fingerprint density at radius 2 is 1.46 bits per heavy atom. The van der Waals surface area contributed by atoms with Crippen molar-refractivity contribution in [3.63, 3.8) is 0 Å². The summed E-state index contributed by atoms with van der Waals surface area (Å²) in [6, 6.07) is 27.3. The van der Waals surface area contributed by atoms with Crippen molar-refractivity contribution in [3.05, 3.63) is 134 Å². The summed E-state index contributed by atoms with van der Waals surface area (Å²) in [7, 11) is 0. The highest BCUT2D eigenvalue weighted by atomic mass is 16.6. The highest BCUT2D eigenvalue weighted by Crippen LogP contribution is 2.42. The number of piperidine rings is 1. The molecule has 1 fully saturated rings. The van der Waals surface area contributed by atoms with E-state index in [0.717, 1.165) is 25.9 Å². The number of nitro benzene ring substituents is 1. The van der Waals surface area contributed by atoms with E-state index in [4.69, 9.17) is 9.47 Å². The Bertz CT molecular complexity index is 1600.